The lowest BCUT2D eigenvalue weighted by Gasteiger charge is -2.43. The van der Waals surface area contributed by atoms with Crippen molar-refractivity contribution in [2.75, 3.05) is 19.6 Å². The highest BCUT2D eigenvalue weighted by Gasteiger charge is 2.71. The van der Waals surface area contributed by atoms with Crippen molar-refractivity contribution in [1.82, 2.24) is 5.32 Å². The molecule has 27 heavy (non-hydrogen) atoms. The van der Waals surface area contributed by atoms with Gasteiger partial charge in [0.05, 0.1) is 30.5 Å². The quantitative estimate of drug-likeness (QED) is 0.242. The maximum Gasteiger partial charge on any atom is 0.415 e. The number of allylic oxidation sites excluding steroid dienone is 1. The Labute approximate surface area is 164 Å². The van der Waals surface area contributed by atoms with E-state index in [1.807, 2.05) is 0 Å². The summed E-state index contributed by atoms with van der Waals surface area (Å²) < 4.78 is 22.4. The van der Waals surface area contributed by atoms with Gasteiger partial charge in [0.1, 0.15) is 11.5 Å². The summed E-state index contributed by atoms with van der Waals surface area (Å²) in [6.07, 6.45) is 3.47. The molecule has 0 aromatic rings. The highest BCUT2D eigenvalue weighted by molar-refractivity contribution is 6.27. The summed E-state index contributed by atoms with van der Waals surface area (Å²) in [6.45, 7) is 6.90. The molecule has 0 radical (unpaired) electrons. The zero-order valence-electron chi connectivity index (χ0n) is 16.2. The van der Waals surface area contributed by atoms with E-state index in [-0.39, 0.29) is 41.2 Å². The summed E-state index contributed by atoms with van der Waals surface area (Å²) in [6, 6.07) is -0.296. The van der Waals surface area contributed by atoms with Crippen LogP contribution in [0.15, 0.2) is 11.6 Å². The molecule has 1 spiro atoms. The minimum Gasteiger partial charge on any atom is -0.379 e. The summed E-state index contributed by atoms with van der Waals surface area (Å²) in [4.78, 5) is 23.2. The van der Waals surface area contributed by atoms with Crippen LogP contribution in [0.1, 0.15) is 40.0 Å². The molecule has 152 valence electrons. The van der Waals surface area contributed by atoms with E-state index < -0.39 is 12.1 Å². The van der Waals surface area contributed by atoms with Crippen LogP contribution in [-0.2, 0) is 23.7 Å². The van der Waals surface area contributed by atoms with Gasteiger partial charge >= 0.3 is 12.1 Å². The Morgan fingerprint density at radius 3 is 2.63 bits per heavy atom. The molecule has 0 bridgehead atoms. The molecule has 7 nitrogen and oxygen atoms in total. The maximum absolute atomic E-state index is 12.0. The van der Waals surface area contributed by atoms with E-state index >= 15 is 0 Å². The number of halogens is 1. The first-order valence-electron chi connectivity index (χ1n) is 9.31. The molecule has 0 aromatic carbocycles. The SMILES string of the molecule is CO[C@@H]1[C@H](NC(=O)OC(=O)CCl)CC[C@]2(CO2)[C@H]1[C@@]1(C)O[C@@H]1CC=C(C)C. The molecule has 1 saturated carbocycles. The summed E-state index contributed by atoms with van der Waals surface area (Å²) >= 11 is 5.38. The Bertz CT molecular complexity index is 630. The second-order valence-electron chi connectivity index (χ2n) is 8.02. The molecule has 3 aliphatic rings. The largest absolute Gasteiger partial charge is 0.415 e. The van der Waals surface area contributed by atoms with Crippen LogP contribution in [0.5, 0.6) is 0 Å². The number of nitrogens with one attached hydrogen (secondary N) is 1. The second kappa shape index (κ2) is 7.70. The molecule has 3 rings (SSSR count). The summed E-state index contributed by atoms with van der Waals surface area (Å²) in [5, 5.41) is 2.76. The fraction of sp³-hybridized carbons (Fsp3) is 0.789. The van der Waals surface area contributed by atoms with Gasteiger partial charge in [0.2, 0.25) is 0 Å². The second-order valence-corrected chi connectivity index (χ2v) is 8.29. The van der Waals surface area contributed by atoms with Crippen molar-refractivity contribution in [3.8, 4) is 0 Å². The van der Waals surface area contributed by atoms with Crippen LogP contribution < -0.4 is 5.32 Å². The molecule has 1 amide bonds. The number of amides is 1. The third-order valence-corrected chi connectivity index (χ3v) is 6.13. The highest BCUT2D eigenvalue weighted by Crippen LogP contribution is 2.59. The Morgan fingerprint density at radius 2 is 2.07 bits per heavy atom. The third-order valence-electron chi connectivity index (χ3n) is 5.91. The molecule has 0 aromatic heterocycles. The first-order valence-corrected chi connectivity index (χ1v) is 9.84. The number of hydrogen-bond donors (Lipinski definition) is 1. The van der Waals surface area contributed by atoms with Crippen molar-refractivity contribution >= 4 is 23.7 Å². The molecule has 8 heteroatoms. The molecule has 2 aliphatic heterocycles. The van der Waals surface area contributed by atoms with E-state index in [0.29, 0.717) is 13.0 Å². The number of methoxy groups -OCH3 is 1. The molecule has 3 fully saturated rings. The zero-order chi connectivity index (χ0) is 19.8. The molecule has 1 aliphatic carbocycles. The van der Waals surface area contributed by atoms with E-state index in [1.165, 1.54) is 5.57 Å². The van der Waals surface area contributed by atoms with Gasteiger partial charge in [-0.2, -0.15) is 0 Å². The number of alkyl halides is 1. The Morgan fingerprint density at radius 1 is 1.37 bits per heavy atom. The number of ether oxygens (including phenoxy) is 4. The van der Waals surface area contributed by atoms with Gasteiger partial charge in [0.25, 0.3) is 0 Å². The van der Waals surface area contributed by atoms with Crippen LogP contribution in [0.4, 0.5) is 4.79 Å². The van der Waals surface area contributed by atoms with Crippen molar-refractivity contribution in [3.63, 3.8) is 0 Å². The summed E-state index contributed by atoms with van der Waals surface area (Å²) in [5.74, 6) is -1.17. The lowest BCUT2D eigenvalue weighted by molar-refractivity contribution is -0.134. The maximum atomic E-state index is 12.0. The number of carbonyl (C=O) groups excluding carboxylic acids is 2. The summed E-state index contributed by atoms with van der Waals surface area (Å²) in [7, 11) is 1.62. The summed E-state index contributed by atoms with van der Waals surface area (Å²) in [5.41, 5.74) is 0.617. The van der Waals surface area contributed by atoms with E-state index in [0.717, 1.165) is 12.8 Å². The molecule has 0 unspecified atom stereocenters. The Hall–Kier alpha value is -1.15. The fourth-order valence-electron chi connectivity index (χ4n) is 4.45. The van der Waals surface area contributed by atoms with Crippen LogP contribution in [-0.4, -0.2) is 61.1 Å². The standard InChI is InChI=1S/C19H28ClNO6/c1-11(2)5-6-13-18(3,27-13)16-15(24-4)12(7-8-19(16)10-25-19)21-17(23)26-14(22)9-20/h5,12-13,15-16H,6-10H2,1-4H3,(H,21,23)/t12-,13-,15-,16-,18+,19+/m1/s1. The minimum atomic E-state index is -0.804. The number of epoxide rings is 2. The van der Waals surface area contributed by atoms with E-state index in [1.54, 1.807) is 7.11 Å². The average Bonchev–Trinajstić information content (AvgIpc) is 3.52. The van der Waals surface area contributed by atoms with Crippen molar-refractivity contribution in [1.29, 1.82) is 0 Å². The van der Waals surface area contributed by atoms with Gasteiger partial charge in [0.15, 0.2) is 0 Å². The van der Waals surface area contributed by atoms with Gasteiger partial charge in [-0.3, -0.25) is 4.79 Å². The first kappa shape index (κ1) is 20.6. The van der Waals surface area contributed by atoms with Gasteiger partial charge in [-0.05, 0) is 40.0 Å². The predicted molar refractivity (Wildman–Crippen MR) is 98.7 cm³/mol. The highest BCUT2D eigenvalue weighted by atomic mass is 35.5. The Balaban J connectivity index is 1.73. The number of carbonyl (C=O) groups is 2. The molecule has 6 atom stereocenters. The lowest BCUT2D eigenvalue weighted by Crippen LogP contribution is -2.59. The van der Waals surface area contributed by atoms with Gasteiger partial charge in [0, 0.05) is 13.0 Å². The van der Waals surface area contributed by atoms with Gasteiger partial charge < -0.3 is 24.3 Å². The molecule has 2 saturated heterocycles. The number of rotatable bonds is 6. The minimum absolute atomic E-state index is 0.0201. The fourth-order valence-corrected chi connectivity index (χ4v) is 4.51. The number of esters is 1. The number of hydrogen-bond acceptors (Lipinski definition) is 6. The third kappa shape index (κ3) is 4.16. The van der Waals surface area contributed by atoms with Crippen LogP contribution in [0.3, 0.4) is 0 Å². The van der Waals surface area contributed by atoms with Gasteiger partial charge in [-0.25, -0.2) is 4.79 Å². The van der Waals surface area contributed by atoms with Crippen LogP contribution in [0.2, 0.25) is 0 Å². The van der Waals surface area contributed by atoms with Crippen molar-refractivity contribution in [3.05, 3.63) is 11.6 Å². The van der Waals surface area contributed by atoms with Crippen molar-refractivity contribution in [2.24, 2.45) is 5.92 Å². The van der Waals surface area contributed by atoms with Crippen LogP contribution in [0, 0.1) is 5.92 Å². The van der Waals surface area contributed by atoms with Crippen LogP contribution >= 0.6 is 11.6 Å². The van der Waals surface area contributed by atoms with Crippen LogP contribution in [0.25, 0.3) is 0 Å². The van der Waals surface area contributed by atoms with Gasteiger partial charge in [-0.15, -0.1) is 11.6 Å². The Kier molecular flexibility index (Phi) is 5.87. The van der Waals surface area contributed by atoms with E-state index in [4.69, 9.17) is 25.8 Å². The van der Waals surface area contributed by atoms with E-state index in [9.17, 15) is 9.59 Å². The lowest BCUT2D eigenvalue weighted by atomic mass is 9.67. The monoisotopic (exact) mass is 401 g/mol. The normalized spacial score (nSPS) is 39.6. The van der Waals surface area contributed by atoms with Crippen molar-refractivity contribution in [2.45, 2.75) is 69.5 Å². The first-order chi connectivity index (χ1) is 12.8. The van der Waals surface area contributed by atoms with E-state index in [2.05, 4.69) is 36.9 Å². The van der Waals surface area contributed by atoms with Gasteiger partial charge in [-0.1, -0.05) is 11.6 Å². The van der Waals surface area contributed by atoms with Crippen molar-refractivity contribution < 1.29 is 28.5 Å². The molecular formula is C19H28ClNO6. The topological polar surface area (TPSA) is 89.7 Å². The zero-order valence-corrected chi connectivity index (χ0v) is 17.0. The molecule has 2 heterocycles. The number of alkyl carbamates (subject to hydrolysis) is 1. The molecular weight excluding hydrogens is 374 g/mol. The average molecular weight is 402 g/mol. The smallest absolute Gasteiger partial charge is 0.379 e. The predicted octanol–water partition coefficient (Wildman–Crippen LogP) is 2.55. The molecule has 1 N–H and O–H groups in total.